The zero-order chi connectivity index (χ0) is 26.7. The Bertz CT molecular complexity index is 1450. The van der Waals surface area contributed by atoms with Crippen LogP contribution in [0.2, 0.25) is 5.02 Å². The average molecular weight is 526 g/mol. The molecule has 1 atom stereocenters. The summed E-state index contributed by atoms with van der Waals surface area (Å²) in [5, 5.41) is 22.8. The number of amides is 2. The molecule has 37 heavy (non-hydrogen) atoms. The van der Waals surface area contributed by atoms with Crippen molar-refractivity contribution in [3.8, 4) is 11.3 Å². The molecule has 2 amide bonds. The van der Waals surface area contributed by atoms with Crippen molar-refractivity contribution >= 4 is 40.4 Å². The molecule has 0 fully saturated rings. The number of nitrogens with one attached hydrogen (secondary N) is 3. The Morgan fingerprint density at radius 2 is 1.86 bits per heavy atom. The van der Waals surface area contributed by atoms with Crippen LogP contribution in [0, 0.1) is 0 Å². The molecule has 0 aliphatic heterocycles. The largest absolute Gasteiger partial charge is 0.387 e. The van der Waals surface area contributed by atoms with Gasteiger partial charge in [-0.2, -0.15) is 5.10 Å². The molecule has 192 valence electrons. The Morgan fingerprint density at radius 3 is 2.54 bits per heavy atom. The molecular weight excluding hydrogens is 501 g/mol. The smallest absolute Gasteiger partial charge is 0.255 e. The summed E-state index contributed by atoms with van der Waals surface area (Å²) in [5.41, 5.74) is 1.58. The number of aromatic nitrogens is 4. The van der Waals surface area contributed by atoms with Gasteiger partial charge < -0.3 is 21.1 Å². The van der Waals surface area contributed by atoms with Crippen molar-refractivity contribution in [2.75, 3.05) is 18.9 Å². The van der Waals surface area contributed by atoms with Crippen molar-refractivity contribution in [2.45, 2.75) is 25.6 Å². The van der Waals surface area contributed by atoms with Crippen molar-refractivity contribution in [1.82, 2.24) is 30.2 Å². The molecule has 0 saturated heterocycles. The van der Waals surface area contributed by atoms with Gasteiger partial charge in [0, 0.05) is 30.7 Å². The summed E-state index contributed by atoms with van der Waals surface area (Å²) in [7, 11) is 1.54. The van der Waals surface area contributed by atoms with E-state index in [0.29, 0.717) is 38.9 Å². The summed E-state index contributed by atoms with van der Waals surface area (Å²) >= 11 is 6.00. The Kier molecular flexibility index (Phi) is 7.37. The third kappa shape index (κ3) is 5.84. The van der Waals surface area contributed by atoms with Crippen molar-refractivity contribution in [3.63, 3.8) is 0 Å². The van der Waals surface area contributed by atoms with Crippen molar-refractivity contribution < 1.29 is 19.1 Å². The van der Waals surface area contributed by atoms with E-state index in [1.807, 2.05) is 0 Å². The molecule has 12 heteroatoms. The summed E-state index contributed by atoms with van der Waals surface area (Å²) in [6.45, 7) is 2.27. The van der Waals surface area contributed by atoms with E-state index in [9.17, 15) is 19.1 Å². The molecular formula is C25H25ClFN7O3. The van der Waals surface area contributed by atoms with E-state index in [0.717, 1.165) is 0 Å². The van der Waals surface area contributed by atoms with Gasteiger partial charge in [0.05, 0.1) is 52.1 Å². The number of hydrogen-bond acceptors (Lipinski definition) is 7. The van der Waals surface area contributed by atoms with E-state index in [4.69, 9.17) is 11.6 Å². The highest BCUT2D eigenvalue weighted by Gasteiger charge is 2.27. The number of carbonyl (C=O) groups is 2. The molecule has 10 nitrogen and oxygen atoms in total. The number of pyridine rings is 1. The Balaban J connectivity index is 1.69. The van der Waals surface area contributed by atoms with Crippen LogP contribution >= 0.6 is 11.6 Å². The SMILES string of the molecule is CNC(=O)c1ccc(Nc2cc(-c3cnn4cc(Cl)cnc34)ncc2C(=O)NCC(F)C(C)(C)O)cc1. The summed E-state index contributed by atoms with van der Waals surface area (Å²) in [6, 6.07) is 8.31. The minimum absolute atomic E-state index is 0.148. The molecule has 4 rings (SSSR count). The van der Waals surface area contributed by atoms with Crippen LogP contribution in [0.15, 0.2) is 55.1 Å². The third-order valence-corrected chi connectivity index (χ3v) is 5.81. The molecule has 3 aromatic heterocycles. The van der Waals surface area contributed by atoms with Crippen LogP contribution in [-0.4, -0.2) is 61.9 Å². The molecule has 4 N–H and O–H groups in total. The van der Waals surface area contributed by atoms with Crippen LogP contribution in [0.5, 0.6) is 0 Å². The molecule has 4 aromatic rings. The number of rotatable bonds is 8. The second-order valence-corrected chi connectivity index (χ2v) is 9.26. The van der Waals surface area contributed by atoms with Crippen molar-refractivity contribution in [2.24, 2.45) is 0 Å². The van der Waals surface area contributed by atoms with E-state index in [2.05, 4.69) is 31.0 Å². The highest BCUT2D eigenvalue weighted by molar-refractivity contribution is 6.30. The van der Waals surface area contributed by atoms with Gasteiger partial charge in [-0.1, -0.05) is 11.6 Å². The first-order valence-corrected chi connectivity index (χ1v) is 11.7. The maximum absolute atomic E-state index is 14.2. The zero-order valence-corrected chi connectivity index (χ0v) is 21.0. The first-order chi connectivity index (χ1) is 17.6. The first-order valence-electron chi connectivity index (χ1n) is 11.3. The lowest BCUT2D eigenvalue weighted by atomic mass is 10.0. The predicted octanol–water partition coefficient (Wildman–Crippen LogP) is 3.39. The second kappa shape index (κ2) is 10.5. The number of benzene rings is 1. The lowest BCUT2D eigenvalue weighted by Crippen LogP contribution is -2.42. The van der Waals surface area contributed by atoms with Gasteiger partial charge in [0.1, 0.15) is 6.17 Å². The first kappa shape index (κ1) is 26.0. The molecule has 3 heterocycles. The number of aliphatic hydroxyl groups is 1. The van der Waals surface area contributed by atoms with Crippen LogP contribution < -0.4 is 16.0 Å². The number of fused-ring (bicyclic) bond motifs is 1. The highest BCUT2D eigenvalue weighted by Crippen LogP contribution is 2.29. The van der Waals surface area contributed by atoms with Gasteiger partial charge in [-0.25, -0.2) is 13.9 Å². The zero-order valence-electron chi connectivity index (χ0n) is 20.3. The van der Waals surface area contributed by atoms with Gasteiger partial charge in [-0.3, -0.25) is 14.6 Å². The Morgan fingerprint density at radius 1 is 1.14 bits per heavy atom. The molecule has 0 spiro atoms. The lowest BCUT2D eigenvalue weighted by Gasteiger charge is -2.22. The topological polar surface area (TPSA) is 134 Å². The number of carbonyl (C=O) groups excluding carboxylic acids is 2. The standard InChI is InChI=1S/C25H25ClFN7O3/c1-25(2,37)21(27)12-31-24(36)18-10-29-19(17-11-32-34-13-15(26)9-30-22(17)34)8-20(18)33-16-6-4-14(5-7-16)23(35)28-3/h4-11,13,21,37H,12H2,1-3H3,(H,28,35)(H,29,33)(H,31,36). The fourth-order valence-corrected chi connectivity index (χ4v) is 3.59. The number of anilines is 2. The van der Waals surface area contributed by atoms with Crippen molar-refractivity contribution in [1.29, 1.82) is 0 Å². The van der Waals surface area contributed by atoms with E-state index in [1.54, 1.807) is 49.8 Å². The number of hydrogen-bond donors (Lipinski definition) is 4. The van der Waals surface area contributed by atoms with Gasteiger partial charge >= 0.3 is 0 Å². The number of alkyl halides is 1. The Labute approximate surface area is 216 Å². The normalized spacial score (nSPS) is 12.3. The fraction of sp³-hybridized carbons (Fsp3) is 0.240. The second-order valence-electron chi connectivity index (χ2n) is 8.83. The molecule has 0 aliphatic carbocycles. The van der Waals surface area contributed by atoms with Crippen molar-refractivity contribution in [3.05, 3.63) is 71.3 Å². The minimum atomic E-state index is -1.67. The monoisotopic (exact) mass is 525 g/mol. The summed E-state index contributed by atoms with van der Waals surface area (Å²) in [4.78, 5) is 33.6. The number of halogens is 2. The minimum Gasteiger partial charge on any atom is -0.387 e. The molecule has 0 saturated carbocycles. The maximum Gasteiger partial charge on any atom is 0.255 e. The third-order valence-electron chi connectivity index (χ3n) is 5.61. The van der Waals surface area contributed by atoms with Crippen LogP contribution in [0.3, 0.4) is 0 Å². The fourth-order valence-electron chi connectivity index (χ4n) is 3.45. The van der Waals surface area contributed by atoms with Crippen LogP contribution in [0.25, 0.3) is 16.9 Å². The molecule has 1 aromatic carbocycles. The molecule has 0 aliphatic rings. The molecule has 0 radical (unpaired) electrons. The summed E-state index contributed by atoms with van der Waals surface area (Å²) in [5.74, 6) is -0.814. The van der Waals surface area contributed by atoms with Gasteiger partial charge in [0.25, 0.3) is 11.8 Å². The molecule has 1 unspecified atom stereocenters. The molecule has 0 bridgehead atoms. The van der Waals surface area contributed by atoms with E-state index in [1.165, 1.54) is 30.8 Å². The average Bonchev–Trinajstić information content (AvgIpc) is 3.29. The summed E-state index contributed by atoms with van der Waals surface area (Å²) in [6.07, 6.45) is 4.38. The van der Waals surface area contributed by atoms with Gasteiger partial charge in [-0.05, 0) is 44.2 Å². The number of nitrogens with zero attached hydrogens (tertiary/aromatic N) is 4. The van der Waals surface area contributed by atoms with E-state index < -0.39 is 17.7 Å². The summed E-state index contributed by atoms with van der Waals surface area (Å²) < 4.78 is 15.8. The Hall–Kier alpha value is -4.09. The maximum atomic E-state index is 14.2. The van der Waals surface area contributed by atoms with Crippen LogP contribution in [0.1, 0.15) is 34.6 Å². The van der Waals surface area contributed by atoms with Gasteiger partial charge in [0.15, 0.2) is 5.65 Å². The lowest BCUT2D eigenvalue weighted by molar-refractivity contribution is -0.00177. The van der Waals surface area contributed by atoms with Gasteiger partial charge in [0.2, 0.25) is 0 Å². The highest BCUT2D eigenvalue weighted by atomic mass is 35.5. The van der Waals surface area contributed by atoms with E-state index >= 15 is 0 Å². The predicted molar refractivity (Wildman–Crippen MR) is 138 cm³/mol. The van der Waals surface area contributed by atoms with Crippen LogP contribution in [-0.2, 0) is 0 Å². The van der Waals surface area contributed by atoms with E-state index in [-0.39, 0.29) is 18.0 Å². The quantitative estimate of drug-likeness (QED) is 0.277. The van der Waals surface area contributed by atoms with Gasteiger partial charge in [-0.15, -0.1) is 0 Å². The van der Waals surface area contributed by atoms with Crippen LogP contribution in [0.4, 0.5) is 15.8 Å².